The Kier molecular flexibility index (Phi) is 7.26. The average Bonchev–Trinajstić information content (AvgIpc) is 3.34. The van der Waals surface area contributed by atoms with Gasteiger partial charge in [-0.1, -0.05) is 12.5 Å². The standard InChI is InChI=1S/C24H27F4NO3S/c25-20-12-15(11-19(13-20)24(26,27)28)3-2-8-33-22-21(32-23(30)31)4-1-7-29(22)14-18-10-16-5-6-17(18)9-16/h1,4,11-13,16-18H,2-3,5-10,14H2,(H,30,31). The molecular weight excluding hydrogens is 458 g/mol. The first-order chi connectivity index (χ1) is 15.7. The van der Waals surface area contributed by atoms with E-state index < -0.39 is 23.7 Å². The van der Waals surface area contributed by atoms with E-state index >= 15 is 0 Å². The van der Waals surface area contributed by atoms with E-state index in [1.807, 2.05) is 6.08 Å². The zero-order chi connectivity index (χ0) is 23.6. The Balaban J connectivity index is 1.39. The lowest BCUT2D eigenvalue weighted by molar-refractivity contribution is -0.137. The van der Waals surface area contributed by atoms with Gasteiger partial charge in [-0.15, -0.1) is 11.8 Å². The van der Waals surface area contributed by atoms with Gasteiger partial charge in [0.05, 0.1) is 5.56 Å². The highest BCUT2D eigenvalue weighted by Crippen LogP contribution is 2.49. The molecule has 3 atom stereocenters. The molecule has 2 saturated carbocycles. The number of carbonyl (C=O) groups is 1. The van der Waals surface area contributed by atoms with E-state index in [9.17, 15) is 22.4 Å². The fourth-order valence-electron chi connectivity index (χ4n) is 5.38. The SMILES string of the molecule is O=C(O)OC1=C(SCCCc2cc(F)cc(C(F)(F)F)c2)N(CC2CC3CCC2C3)CC=C1. The molecule has 1 aromatic rings. The van der Waals surface area contributed by atoms with Crippen LogP contribution in [0.25, 0.3) is 0 Å². The van der Waals surface area contributed by atoms with Crippen molar-refractivity contribution in [2.45, 2.75) is 44.7 Å². The van der Waals surface area contributed by atoms with Crippen LogP contribution < -0.4 is 0 Å². The first-order valence-corrected chi connectivity index (χ1v) is 12.2. The second kappa shape index (κ2) is 9.99. The maximum Gasteiger partial charge on any atom is 0.511 e. The number of nitrogens with zero attached hydrogens (tertiary/aromatic N) is 1. The summed E-state index contributed by atoms with van der Waals surface area (Å²) in [5, 5.41) is 9.88. The minimum atomic E-state index is -4.59. The normalized spacial score (nSPS) is 24.6. The first kappa shape index (κ1) is 24.0. The predicted octanol–water partition coefficient (Wildman–Crippen LogP) is 6.68. The third-order valence-corrected chi connectivity index (χ3v) is 7.99. The molecule has 9 heteroatoms. The molecule has 2 bridgehead atoms. The van der Waals surface area contributed by atoms with Crippen molar-refractivity contribution in [1.82, 2.24) is 4.90 Å². The van der Waals surface area contributed by atoms with Crippen molar-refractivity contribution < 1.29 is 32.2 Å². The van der Waals surface area contributed by atoms with Crippen LogP contribution in [0, 0.1) is 23.6 Å². The van der Waals surface area contributed by atoms with Crippen LogP contribution in [-0.2, 0) is 17.3 Å². The Hall–Kier alpha value is -2.16. The molecule has 4 nitrogen and oxygen atoms in total. The number of fused-ring (bicyclic) bond motifs is 2. The van der Waals surface area contributed by atoms with Crippen molar-refractivity contribution >= 4 is 17.9 Å². The number of thioether (sulfide) groups is 1. The first-order valence-electron chi connectivity index (χ1n) is 11.2. The van der Waals surface area contributed by atoms with Crippen LogP contribution in [0.2, 0.25) is 0 Å². The molecule has 0 radical (unpaired) electrons. The summed E-state index contributed by atoms with van der Waals surface area (Å²) in [4.78, 5) is 13.3. The number of allylic oxidation sites excluding steroid dienone is 1. The maximum absolute atomic E-state index is 13.6. The maximum atomic E-state index is 13.6. The van der Waals surface area contributed by atoms with E-state index in [-0.39, 0.29) is 5.76 Å². The lowest BCUT2D eigenvalue weighted by Crippen LogP contribution is -2.33. The summed E-state index contributed by atoms with van der Waals surface area (Å²) in [5.41, 5.74) is -0.694. The molecule has 1 aromatic carbocycles. The molecule has 3 unspecified atom stereocenters. The molecule has 0 aromatic heterocycles. The number of halogens is 4. The lowest BCUT2D eigenvalue weighted by atomic mass is 9.88. The summed E-state index contributed by atoms with van der Waals surface area (Å²) in [6.45, 7) is 1.51. The molecule has 3 aliphatic rings. The van der Waals surface area contributed by atoms with Crippen molar-refractivity contribution in [3.8, 4) is 0 Å². The van der Waals surface area contributed by atoms with Gasteiger partial charge in [0.2, 0.25) is 0 Å². The van der Waals surface area contributed by atoms with Crippen LogP contribution in [0.5, 0.6) is 0 Å². The van der Waals surface area contributed by atoms with Gasteiger partial charge in [0.1, 0.15) is 10.8 Å². The molecule has 0 amide bonds. The number of aryl methyl sites for hydroxylation is 1. The second-order valence-corrected chi connectivity index (χ2v) is 10.2. The summed E-state index contributed by atoms with van der Waals surface area (Å²) in [6, 6.07) is 2.61. The number of alkyl halides is 3. The van der Waals surface area contributed by atoms with Gasteiger partial charge in [0, 0.05) is 13.1 Å². The summed E-state index contributed by atoms with van der Waals surface area (Å²) >= 11 is 1.44. The van der Waals surface area contributed by atoms with Gasteiger partial charge in [0.25, 0.3) is 0 Å². The van der Waals surface area contributed by atoms with Crippen LogP contribution in [0.1, 0.15) is 43.2 Å². The Morgan fingerprint density at radius 1 is 1.21 bits per heavy atom. The highest BCUT2D eigenvalue weighted by molar-refractivity contribution is 8.03. The van der Waals surface area contributed by atoms with Crippen LogP contribution in [-0.4, -0.2) is 35.0 Å². The lowest BCUT2D eigenvalue weighted by Gasteiger charge is -2.34. The van der Waals surface area contributed by atoms with Crippen LogP contribution >= 0.6 is 11.8 Å². The molecule has 1 heterocycles. The van der Waals surface area contributed by atoms with E-state index in [0.717, 1.165) is 35.5 Å². The van der Waals surface area contributed by atoms with Crippen LogP contribution in [0.4, 0.5) is 22.4 Å². The Morgan fingerprint density at radius 3 is 2.70 bits per heavy atom. The van der Waals surface area contributed by atoms with E-state index in [4.69, 9.17) is 9.84 Å². The van der Waals surface area contributed by atoms with Gasteiger partial charge in [-0.05, 0) is 85.4 Å². The Morgan fingerprint density at radius 2 is 2.03 bits per heavy atom. The number of hydrogen-bond acceptors (Lipinski definition) is 4. The molecule has 4 rings (SSSR count). The highest BCUT2D eigenvalue weighted by atomic mass is 32.2. The van der Waals surface area contributed by atoms with E-state index in [1.165, 1.54) is 37.4 Å². The molecule has 2 fully saturated rings. The topological polar surface area (TPSA) is 49.8 Å². The molecule has 0 saturated heterocycles. The van der Waals surface area contributed by atoms with Gasteiger partial charge in [-0.2, -0.15) is 13.2 Å². The van der Waals surface area contributed by atoms with E-state index in [2.05, 4.69) is 4.90 Å². The van der Waals surface area contributed by atoms with Crippen LogP contribution in [0.15, 0.2) is 41.1 Å². The molecule has 2 aliphatic carbocycles. The van der Waals surface area contributed by atoms with Gasteiger partial charge in [-0.3, -0.25) is 0 Å². The van der Waals surface area contributed by atoms with Crippen molar-refractivity contribution in [1.29, 1.82) is 0 Å². The number of hydrogen-bond donors (Lipinski definition) is 1. The minimum Gasteiger partial charge on any atom is -0.449 e. The van der Waals surface area contributed by atoms with E-state index in [0.29, 0.717) is 42.7 Å². The highest BCUT2D eigenvalue weighted by Gasteiger charge is 2.40. The molecule has 1 aliphatic heterocycles. The van der Waals surface area contributed by atoms with E-state index in [1.54, 1.807) is 6.08 Å². The number of carboxylic acid groups (broad SMARTS) is 1. The third-order valence-electron chi connectivity index (χ3n) is 6.76. The Bertz CT molecular complexity index is 946. The van der Waals surface area contributed by atoms with Crippen molar-refractivity contribution in [3.05, 3.63) is 58.1 Å². The van der Waals surface area contributed by atoms with Crippen molar-refractivity contribution in [2.24, 2.45) is 17.8 Å². The molecule has 1 N–H and O–H groups in total. The molecule has 0 spiro atoms. The second-order valence-electron chi connectivity index (χ2n) is 9.08. The molecule has 180 valence electrons. The summed E-state index contributed by atoms with van der Waals surface area (Å²) < 4.78 is 57.5. The number of ether oxygens (including phenoxy) is 1. The fraction of sp³-hybridized carbons (Fsp3) is 0.542. The van der Waals surface area contributed by atoms with Gasteiger partial charge in [0.15, 0.2) is 5.76 Å². The molecular formula is C24H27F4NO3S. The van der Waals surface area contributed by atoms with Gasteiger partial charge < -0.3 is 14.7 Å². The zero-order valence-corrected chi connectivity index (χ0v) is 18.9. The minimum absolute atomic E-state index is 0.284. The largest absolute Gasteiger partial charge is 0.511 e. The number of rotatable bonds is 8. The smallest absolute Gasteiger partial charge is 0.449 e. The number of benzene rings is 1. The Labute approximate surface area is 194 Å². The van der Waals surface area contributed by atoms with Crippen molar-refractivity contribution in [2.75, 3.05) is 18.8 Å². The average molecular weight is 486 g/mol. The summed E-state index contributed by atoms with van der Waals surface area (Å²) in [6.07, 6.45) is 3.45. The third kappa shape index (κ3) is 6.05. The monoisotopic (exact) mass is 485 g/mol. The van der Waals surface area contributed by atoms with Crippen molar-refractivity contribution in [3.63, 3.8) is 0 Å². The predicted molar refractivity (Wildman–Crippen MR) is 118 cm³/mol. The fourth-order valence-corrected chi connectivity index (χ4v) is 6.44. The molecule has 33 heavy (non-hydrogen) atoms. The summed E-state index contributed by atoms with van der Waals surface area (Å²) in [7, 11) is 0. The van der Waals surface area contributed by atoms with Gasteiger partial charge in [-0.25, -0.2) is 9.18 Å². The zero-order valence-electron chi connectivity index (χ0n) is 18.1. The van der Waals surface area contributed by atoms with Gasteiger partial charge >= 0.3 is 12.3 Å². The quantitative estimate of drug-likeness (QED) is 0.253. The van der Waals surface area contributed by atoms with Crippen LogP contribution in [0.3, 0.4) is 0 Å². The summed E-state index contributed by atoms with van der Waals surface area (Å²) in [5.74, 6) is 2.05.